The number of nitrogens with zero attached hydrogens (tertiary/aromatic N) is 1. The zero-order chi connectivity index (χ0) is 20.8. The summed E-state index contributed by atoms with van der Waals surface area (Å²) in [6.07, 6.45) is 0. The number of carboxylic acid groups (broad SMARTS) is 1. The highest BCUT2D eigenvalue weighted by Gasteiger charge is 2.19. The van der Waals surface area contributed by atoms with Crippen LogP contribution in [-0.2, 0) is 4.79 Å². The summed E-state index contributed by atoms with van der Waals surface area (Å²) in [7, 11) is 0. The van der Waals surface area contributed by atoms with Gasteiger partial charge >= 0.3 is 5.97 Å². The second-order valence-corrected chi connectivity index (χ2v) is 8.92. The third kappa shape index (κ3) is 6.39. The lowest BCUT2D eigenvalue weighted by Gasteiger charge is -2.12. The van der Waals surface area contributed by atoms with E-state index in [9.17, 15) is 14.7 Å². The number of H-pyrrole nitrogens is 1. The number of nitrogens with one attached hydrogen (secondary N) is 1. The Morgan fingerprint density at radius 3 is 2.24 bits per heavy atom. The molecule has 5 nitrogen and oxygen atoms in total. The van der Waals surface area contributed by atoms with Crippen molar-refractivity contribution < 1.29 is 9.90 Å². The standard InChI is InChI=1S/C21H19ClN2O3S2/c1-13-10-19(25)24-21(23-13)29-12-16(20(26)27)11-28-18-8-4-15(5-9-18)14-2-6-17(22)7-3-14/h2-10,16H,11-12H2,1H3,(H,26,27)(H,23,24,25). The fraction of sp³-hybridized carbons (Fsp3) is 0.190. The van der Waals surface area contributed by atoms with E-state index in [2.05, 4.69) is 9.97 Å². The lowest BCUT2D eigenvalue weighted by Crippen LogP contribution is -2.19. The monoisotopic (exact) mass is 446 g/mol. The fourth-order valence-electron chi connectivity index (χ4n) is 2.57. The summed E-state index contributed by atoms with van der Waals surface area (Å²) >= 11 is 8.67. The van der Waals surface area contributed by atoms with Crippen LogP contribution in [0.1, 0.15) is 5.69 Å². The van der Waals surface area contributed by atoms with Crippen molar-refractivity contribution in [2.24, 2.45) is 5.92 Å². The van der Waals surface area contributed by atoms with Gasteiger partial charge in [-0.3, -0.25) is 9.59 Å². The Bertz CT molecular complexity index is 1040. The first-order valence-electron chi connectivity index (χ1n) is 8.83. The van der Waals surface area contributed by atoms with E-state index in [-0.39, 0.29) is 5.56 Å². The molecule has 1 aromatic heterocycles. The number of aliphatic carboxylic acids is 1. The Morgan fingerprint density at radius 1 is 1.07 bits per heavy atom. The molecule has 1 unspecified atom stereocenters. The van der Waals surface area contributed by atoms with E-state index in [0.717, 1.165) is 16.0 Å². The maximum absolute atomic E-state index is 11.6. The number of carboxylic acids is 1. The molecular weight excluding hydrogens is 428 g/mol. The summed E-state index contributed by atoms with van der Waals surface area (Å²) in [5.41, 5.74) is 2.52. The third-order valence-corrected chi connectivity index (χ3v) is 6.56. The molecule has 0 bridgehead atoms. The highest BCUT2D eigenvalue weighted by molar-refractivity contribution is 8.00. The number of aromatic amines is 1. The molecule has 0 spiro atoms. The van der Waals surface area contributed by atoms with Gasteiger partial charge in [-0.25, -0.2) is 4.98 Å². The number of aromatic nitrogens is 2. The topological polar surface area (TPSA) is 83.0 Å². The normalized spacial score (nSPS) is 11.9. The van der Waals surface area contributed by atoms with Gasteiger partial charge in [-0.15, -0.1) is 11.8 Å². The van der Waals surface area contributed by atoms with Gasteiger partial charge < -0.3 is 10.1 Å². The Morgan fingerprint density at radius 2 is 1.66 bits per heavy atom. The van der Waals surface area contributed by atoms with Crippen molar-refractivity contribution in [2.75, 3.05) is 11.5 Å². The van der Waals surface area contributed by atoms with Gasteiger partial charge in [0.05, 0.1) is 5.92 Å². The number of rotatable bonds is 8. The van der Waals surface area contributed by atoms with E-state index in [0.29, 0.717) is 27.4 Å². The van der Waals surface area contributed by atoms with Crippen LogP contribution in [0.25, 0.3) is 11.1 Å². The Hall–Kier alpha value is -2.22. The molecule has 0 aliphatic heterocycles. The van der Waals surface area contributed by atoms with E-state index >= 15 is 0 Å². The predicted molar refractivity (Wildman–Crippen MR) is 119 cm³/mol. The Kier molecular flexibility index (Phi) is 7.41. The lowest BCUT2D eigenvalue weighted by molar-refractivity contribution is -0.140. The molecule has 0 fully saturated rings. The number of hydrogen-bond donors (Lipinski definition) is 2. The first-order chi connectivity index (χ1) is 13.9. The van der Waals surface area contributed by atoms with Gasteiger partial charge in [-0.05, 0) is 42.3 Å². The van der Waals surface area contributed by atoms with Gasteiger partial charge in [0.15, 0.2) is 5.16 Å². The van der Waals surface area contributed by atoms with Gasteiger partial charge in [0.2, 0.25) is 0 Å². The number of thioether (sulfide) groups is 2. The van der Waals surface area contributed by atoms with Crippen LogP contribution in [0.15, 0.2) is 69.4 Å². The van der Waals surface area contributed by atoms with Crippen molar-refractivity contribution in [2.45, 2.75) is 17.0 Å². The van der Waals surface area contributed by atoms with Gasteiger partial charge in [0.1, 0.15) is 0 Å². The molecule has 1 heterocycles. The molecule has 0 aliphatic rings. The highest BCUT2D eigenvalue weighted by atomic mass is 35.5. The van der Waals surface area contributed by atoms with Crippen molar-refractivity contribution in [1.29, 1.82) is 0 Å². The van der Waals surface area contributed by atoms with Gasteiger partial charge in [-0.1, -0.05) is 47.6 Å². The average molecular weight is 447 g/mol. The second-order valence-electron chi connectivity index (χ2n) is 6.38. The molecule has 0 amide bonds. The molecule has 0 radical (unpaired) electrons. The molecule has 0 saturated heterocycles. The molecule has 150 valence electrons. The average Bonchev–Trinajstić information content (AvgIpc) is 2.68. The predicted octanol–water partition coefficient (Wildman–Crippen LogP) is 4.98. The molecule has 0 aliphatic carbocycles. The molecule has 3 rings (SSSR count). The highest BCUT2D eigenvalue weighted by Crippen LogP contribution is 2.28. The minimum atomic E-state index is -0.863. The first-order valence-corrected chi connectivity index (χ1v) is 11.2. The summed E-state index contributed by atoms with van der Waals surface area (Å²) in [6, 6.07) is 17.0. The number of carbonyl (C=O) groups is 1. The fourth-order valence-corrected chi connectivity index (χ4v) is 4.83. The van der Waals surface area contributed by atoms with Crippen molar-refractivity contribution >= 4 is 41.1 Å². The Balaban J connectivity index is 1.59. The van der Waals surface area contributed by atoms with Gasteiger partial charge in [0.25, 0.3) is 5.56 Å². The largest absolute Gasteiger partial charge is 0.481 e. The Labute approximate surface area is 181 Å². The van der Waals surface area contributed by atoms with Gasteiger partial charge in [-0.2, -0.15) is 0 Å². The van der Waals surface area contributed by atoms with Crippen LogP contribution in [0.5, 0.6) is 0 Å². The smallest absolute Gasteiger partial charge is 0.308 e. The van der Waals surface area contributed by atoms with Crippen molar-refractivity contribution in [1.82, 2.24) is 9.97 Å². The van der Waals surface area contributed by atoms with Crippen molar-refractivity contribution in [3.63, 3.8) is 0 Å². The van der Waals surface area contributed by atoms with Crippen molar-refractivity contribution in [3.8, 4) is 11.1 Å². The first kappa shape index (κ1) is 21.5. The SMILES string of the molecule is Cc1cc(=O)[nH]c(SCC(CSc2ccc(-c3ccc(Cl)cc3)cc2)C(=O)O)n1. The minimum Gasteiger partial charge on any atom is -0.481 e. The quantitative estimate of drug-likeness (QED) is 0.375. The van der Waals surface area contributed by atoms with Crippen LogP contribution in [0.3, 0.4) is 0 Å². The zero-order valence-electron chi connectivity index (χ0n) is 15.6. The van der Waals surface area contributed by atoms with Crippen LogP contribution in [0.4, 0.5) is 0 Å². The van der Waals surface area contributed by atoms with E-state index < -0.39 is 11.9 Å². The van der Waals surface area contributed by atoms with Crippen LogP contribution in [0.2, 0.25) is 5.02 Å². The van der Waals surface area contributed by atoms with E-state index in [4.69, 9.17) is 11.6 Å². The molecule has 2 N–H and O–H groups in total. The maximum Gasteiger partial charge on any atom is 0.308 e. The molecule has 0 saturated carbocycles. The van der Waals surface area contributed by atoms with Crippen molar-refractivity contribution in [3.05, 3.63) is 75.7 Å². The molecular formula is C21H19ClN2O3S2. The van der Waals surface area contributed by atoms with Crippen LogP contribution >= 0.6 is 35.1 Å². The number of benzene rings is 2. The second kappa shape index (κ2) is 10.0. The number of halogens is 1. The summed E-state index contributed by atoms with van der Waals surface area (Å²) in [5, 5.41) is 10.7. The molecule has 8 heteroatoms. The van der Waals surface area contributed by atoms with Crippen LogP contribution in [0, 0.1) is 12.8 Å². The van der Waals surface area contributed by atoms with Crippen LogP contribution in [-0.4, -0.2) is 32.5 Å². The molecule has 29 heavy (non-hydrogen) atoms. The summed E-state index contributed by atoms with van der Waals surface area (Å²) < 4.78 is 0. The van der Waals surface area contributed by atoms with Gasteiger partial charge in [0, 0.05) is 33.2 Å². The summed E-state index contributed by atoms with van der Waals surface area (Å²) in [4.78, 5) is 31.0. The molecule has 3 aromatic rings. The summed E-state index contributed by atoms with van der Waals surface area (Å²) in [6.45, 7) is 1.73. The molecule has 1 atom stereocenters. The number of hydrogen-bond acceptors (Lipinski definition) is 5. The zero-order valence-corrected chi connectivity index (χ0v) is 18.0. The minimum absolute atomic E-state index is 0.234. The molecule has 2 aromatic carbocycles. The maximum atomic E-state index is 11.6. The van der Waals surface area contributed by atoms with E-state index in [1.165, 1.54) is 29.6 Å². The van der Waals surface area contributed by atoms with E-state index in [1.807, 2.05) is 48.5 Å². The lowest BCUT2D eigenvalue weighted by atomic mass is 10.1. The van der Waals surface area contributed by atoms with E-state index in [1.54, 1.807) is 6.92 Å². The number of aryl methyl sites for hydroxylation is 1. The summed E-state index contributed by atoms with van der Waals surface area (Å²) in [5.74, 6) is -0.666. The van der Waals surface area contributed by atoms with Crippen LogP contribution < -0.4 is 5.56 Å². The third-order valence-electron chi connectivity index (χ3n) is 4.10.